The Morgan fingerprint density at radius 3 is 2.39 bits per heavy atom. The van der Waals surface area contributed by atoms with Crippen molar-refractivity contribution in [1.29, 1.82) is 0 Å². The van der Waals surface area contributed by atoms with Crippen LogP contribution in [0.1, 0.15) is 15.9 Å². The smallest absolute Gasteiger partial charge is 0.394 e. The maximum Gasteiger partial charge on any atom is 0.416 e. The average molecular weight is 404 g/mol. The summed E-state index contributed by atoms with van der Waals surface area (Å²) in [5.74, 6) is -0.542. The highest BCUT2D eigenvalue weighted by molar-refractivity contribution is 5.94. The molecule has 1 amide bonds. The summed E-state index contributed by atoms with van der Waals surface area (Å²) in [6.07, 6.45) is -6.71. The number of nitrogens with zero attached hydrogens (tertiary/aromatic N) is 1. The van der Waals surface area contributed by atoms with Crippen molar-refractivity contribution in [3.8, 4) is 0 Å². The normalized spacial score (nSPS) is 29.0. The number of nitrogens with one attached hydrogen (secondary N) is 1. The largest absolute Gasteiger partial charge is 0.416 e. The lowest BCUT2D eigenvalue weighted by Crippen LogP contribution is -2.54. The molecule has 0 saturated carbocycles. The minimum Gasteiger partial charge on any atom is -0.394 e. The molecule has 0 spiro atoms. The Balaban J connectivity index is 1.63. The van der Waals surface area contributed by atoms with E-state index in [0.29, 0.717) is 26.3 Å². The summed E-state index contributed by atoms with van der Waals surface area (Å²) in [5, 5.41) is 22.5. The molecule has 1 aromatic rings. The van der Waals surface area contributed by atoms with Crippen molar-refractivity contribution in [2.75, 3.05) is 39.5 Å². The van der Waals surface area contributed by atoms with Crippen LogP contribution in [-0.2, 0) is 15.7 Å². The highest BCUT2D eigenvalue weighted by atomic mass is 19.4. The van der Waals surface area contributed by atoms with Crippen molar-refractivity contribution in [2.45, 2.75) is 30.5 Å². The van der Waals surface area contributed by atoms with Gasteiger partial charge in [-0.3, -0.25) is 9.69 Å². The minimum atomic E-state index is -4.46. The summed E-state index contributed by atoms with van der Waals surface area (Å²) >= 11 is 0. The van der Waals surface area contributed by atoms with Crippen LogP contribution in [0.4, 0.5) is 13.2 Å². The molecule has 2 saturated heterocycles. The Kier molecular flexibility index (Phi) is 6.56. The molecule has 10 heteroatoms. The van der Waals surface area contributed by atoms with Crippen LogP contribution in [0, 0.1) is 0 Å². The number of rotatable bonds is 5. The molecular formula is C18H23F3N2O5. The number of halogens is 3. The lowest BCUT2D eigenvalue weighted by Gasteiger charge is -2.36. The predicted molar refractivity (Wildman–Crippen MR) is 91.7 cm³/mol. The topological polar surface area (TPSA) is 91.3 Å². The molecule has 0 aliphatic carbocycles. The van der Waals surface area contributed by atoms with Gasteiger partial charge >= 0.3 is 6.18 Å². The molecule has 2 heterocycles. The zero-order chi connectivity index (χ0) is 20.3. The number of alkyl halides is 3. The number of amides is 1. The van der Waals surface area contributed by atoms with Gasteiger partial charge < -0.3 is 25.0 Å². The SMILES string of the molecule is O=C(NC[C@H]1O[C@@H](CO)[C@@H](O)[C@H]1N1CCOCC1)c1ccc(C(F)(F)F)cc1. The fourth-order valence-electron chi connectivity index (χ4n) is 3.58. The van der Waals surface area contributed by atoms with Crippen LogP contribution in [0.25, 0.3) is 0 Å². The third kappa shape index (κ3) is 4.64. The van der Waals surface area contributed by atoms with E-state index in [0.717, 1.165) is 24.3 Å². The molecule has 2 aliphatic heterocycles. The van der Waals surface area contributed by atoms with Crippen molar-refractivity contribution in [2.24, 2.45) is 0 Å². The van der Waals surface area contributed by atoms with Gasteiger partial charge in [0.25, 0.3) is 5.91 Å². The van der Waals surface area contributed by atoms with Crippen LogP contribution < -0.4 is 5.32 Å². The Labute approximate surface area is 160 Å². The third-order valence-corrected chi connectivity index (χ3v) is 5.05. The molecule has 3 rings (SSSR count). The van der Waals surface area contributed by atoms with Gasteiger partial charge in [0.1, 0.15) is 12.2 Å². The average Bonchev–Trinajstić information content (AvgIpc) is 3.01. The van der Waals surface area contributed by atoms with Crippen molar-refractivity contribution in [1.82, 2.24) is 10.2 Å². The molecule has 0 unspecified atom stereocenters. The van der Waals surface area contributed by atoms with E-state index in [2.05, 4.69) is 5.32 Å². The van der Waals surface area contributed by atoms with Crippen LogP contribution in [-0.4, -0.2) is 84.8 Å². The number of aliphatic hydroxyl groups is 2. The number of hydrogen-bond acceptors (Lipinski definition) is 6. The predicted octanol–water partition coefficient (Wildman–Crippen LogP) is 0.257. The van der Waals surface area contributed by atoms with Gasteiger partial charge in [-0.1, -0.05) is 0 Å². The Bertz CT molecular complexity index is 664. The van der Waals surface area contributed by atoms with E-state index in [4.69, 9.17) is 9.47 Å². The first-order chi connectivity index (χ1) is 13.3. The van der Waals surface area contributed by atoms with E-state index >= 15 is 0 Å². The summed E-state index contributed by atoms with van der Waals surface area (Å²) in [6.45, 7) is 1.90. The van der Waals surface area contributed by atoms with Crippen molar-refractivity contribution in [3.63, 3.8) is 0 Å². The zero-order valence-electron chi connectivity index (χ0n) is 15.1. The second-order valence-corrected chi connectivity index (χ2v) is 6.81. The van der Waals surface area contributed by atoms with Gasteiger partial charge in [0.2, 0.25) is 0 Å². The van der Waals surface area contributed by atoms with E-state index in [1.165, 1.54) is 0 Å². The van der Waals surface area contributed by atoms with E-state index in [-0.39, 0.29) is 18.7 Å². The van der Waals surface area contributed by atoms with E-state index in [1.807, 2.05) is 4.90 Å². The molecule has 0 bridgehead atoms. The maximum absolute atomic E-state index is 12.6. The summed E-state index contributed by atoms with van der Waals surface area (Å²) in [6, 6.07) is 3.50. The van der Waals surface area contributed by atoms with Gasteiger partial charge in [0.05, 0.1) is 37.5 Å². The number of hydrogen-bond donors (Lipinski definition) is 3. The second kappa shape index (κ2) is 8.75. The lowest BCUT2D eigenvalue weighted by molar-refractivity contribution is -0.137. The van der Waals surface area contributed by atoms with Crippen LogP contribution in [0.5, 0.6) is 0 Å². The Hall–Kier alpha value is -1.72. The van der Waals surface area contributed by atoms with Crippen molar-refractivity contribution in [3.05, 3.63) is 35.4 Å². The van der Waals surface area contributed by atoms with Gasteiger partial charge in [0, 0.05) is 25.2 Å². The first kappa shape index (κ1) is 21.0. The molecule has 2 aliphatic rings. The number of carbonyl (C=O) groups excluding carboxylic acids is 1. The van der Waals surface area contributed by atoms with Crippen LogP contribution in [0.3, 0.4) is 0 Å². The van der Waals surface area contributed by atoms with Gasteiger partial charge in [-0.05, 0) is 24.3 Å². The van der Waals surface area contributed by atoms with Crippen molar-refractivity contribution >= 4 is 5.91 Å². The fraction of sp³-hybridized carbons (Fsp3) is 0.611. The first-order valence-corrected chi connectivity index (χ1v) is 9.03. The molecular weight excluding hydrogens is 381 g/mol. The molecule has 7 nitrogen and oxygen atoms in total. The first-order valence-electron chi connectivity index (χ1n) is 9.03. The summed E-state index contributed by atoms with van der Waals surface area (Å²) in [4.78, 5) is 14.3. The van der Waals surface area contributed by atoms with Crippen LogP contribution in [0.2, 0.25) is 0 Å². The molecule has 156 valence electrons. The zero-order valence-corrected chi connectivity index (χ0v) is 15.1. The Morgan fingerprint density at radius 1 is 1.18 bits per heavy atom. The number of benzene rings is 1. The minimum absolute atomic E-state index is 0.0510. The summed E-state index contributed by atoms with van der Waals surface area (Å²) in [5.41, 5.74) is -0.738. The fourth-order valence-corrected chi connectivity index (χ4v) is 3.58. The number of aliphatic hydroxyl groups excluding tert-OH is 2. The summed E-state index contributed by atoms with van der Waals surface area (Å²) in [7, 11) is 0. The quantitative estimate of drug-likeness (QED) is 0.652. The molecule has 1 aromatic carbocycles. The Morgan fingerprint density at radius 2 is 1.82 bits per heavy atom. The highest BCUT2D eigenvalue weighted by Crippen LogP contribution is 2.29. The highest BCUT2D eigenvalue weighted by Gasteiger charge is 2.46. The molecule has 4 atom stereocenters. The monoisotopic (exact) mass is 404 g/mol. The maximum atomic E-state index is 12.6. The number of carbonyl (C=O) groups is 1. The van der Waals surface area contributed by atoms with Gasteiger partial charge in [-0.2, -0.15) is 13.2 Å². The summed E-state index contributed by atoms with van der Waals surface area (Å²) < 4.78 is 48.9. The molecule has 28 heavy (non-hydrogen) atoms. The third-order valence-electron chi connectivity index (χ3n) is 5.05. The molecule has 2 fully saturated rings. The van der Waals surface area contributed by atoms with Crippen LogP contribution >= 0.6 is 0 Å². The van der Waals surface area contributed by atoms with Gasteiger partial charge in [0.15, 0.2) is 0 Å². The van der Waals surface area contributed by atoms with E-state index in [1.54, 1.807) is 0 Å². The van der Waals surface area contributed by atoms with E-state index < -0.39 is 42.0 Å². The second-order valence-electron chi connectivity index (χ2n) is 6.81. The standard InChI is InChI=1S/C18H23F3N2O5/c19-18(20,21)12-3-1-11(2-4-12)17(26)22-9-13-15(16(25)14(10-24)28-13)23-5-7-27-8-6-23/h1-4,13-16,24-25H,5-10H2,(H,22,26)/t13-,14+,15+,16-/m1/s1. The molecule has 0 radical (unpaired) electrons. The van der Waals surface area contributed by atoms with Gasteiger partial charge in [-0.25, -0.2) is 0 Å². The number of ether oxygens (including phenoxy) is 2. The van der Waals surface area contributed by atoms with Gasteiger partial charge in [-0.15, -0.1) is 0 Å². The van der Waals surface area contributed by atoms with E-state index in [9.17, 15) is 28.2 Å². The van der Waals surface area contributed by atoms with Crippen LogP contribution in [0.15, 0.2) is 24.3 Å². The lowest BCUT2D eigenvalue weighted by atomic mass is 10.0. The molecule has 0 aromatic heterocycles. The number of morpholine rings is 1. The van der Waals surface area contributed by atoms with Crippen molar-refractivity contribution < 1.29 is 37.7 Å². The molecule has 3 N–H and O–H groups in total.